The van der Waals surface area contributed by atoms with Gasteiger partial charge in [0.1, 0.15) is 16.7 Å². The summed E-state index contributed by atoms with van der Waals surface area (Å²) in [7, 11) is 0. The first kappa shape index (κ1) is 15.5. The molecule has 2 rings (SSSR count). The molecule has 2 aromatic heterocycles. The third-order valence-electron chi connectivity index (χ3n) is 2.33. The molecule has 0 atom stereocenters. The molecule has 0 aliphatic heterocycles. The second kappa shape index (κ2) is 7.80. The molecule has 20 heavy (non-hydrogen) atoms. The minimum atomic E-state index is 0.849. The van der Waals surface area contributed by atoms with Crippen LogP contribution in [0.1, 0.15) is 26.1 Å². The number of rotatable bonds is 7. The Labute approximate surface area is 131 Å². The third-order valence-corrected chi connectivity index (χ3v) is 5.20. The normalized spacial score (nSPS) is 10.8. The molecule has 5 nitrogen and oxygen atoms in total. The number of hydrogen-bond acceptors (Lipinski definition) is 8. The molecule has 0 spiro atoms. The largest absolute Gasteiger partial charge is 0.370 e. The molecule has 0 saturated heterocycles. The summed E-state index contributed by atoms with van der Waals surface area (Å²) in [6.45, 7) is 5.04. The van der Waals surface area contributed by atoms with Crippen LogP contribution in [0.3, 0.4) is 0 Å². The van der Waals surface area contributed by atoms with Crippen molar-refractivity contribution >= 4 is 40.7 Å². The van der Waals surface area contributed by atoms with Crippen molar-refractivity contribution in [3.8, 4) is 0 Å². The average Bonchev–Trinajstić information content (AvgIpc) is 2.87. The first-order chi connectivity index (χ1) is 9.75. The van der Waals surface area contributed by atoms with Crippen LogP contribution in [0.25, 0.3) is 0 Å². The SMILES string of the molecule is CCCc1nc(NCC)cc(Sc2nnc(SC)s2)n1. The number of hydrogen-bond donors (Lipinski definition) is 1. The van der Waals surface area contributed by atoms with E-state index < -0.39 is 0 Å². The van der Waals surface area contributed by atoms with Gasteiger partial charge in [-0.1, -0.05) is 30.0 Å². The third kappa shape index (κ3) is 4.32. The average molecular weight is 328 g/mol. The summed E-state index contributed by atoms with van der Waals surface area (Å²) < 4.78 is 1.89. The molecule has 0 bridgehead atoms. The lowest BCUT2D eigenvalue weighted by Crippen LogP contribution is -2.04. The molecular weight excluding hydrogens is 310 g/mol. The van der Waals surface area contributed by atoms with Gasteiger partial charge in [-0.2, -0.15) is 0 Å². The lowest BCUT2D eigenvalue weighted by atomic mass is 10.3. The fourth-order valence-electron chi connectivity index (χ4n) is 1.54. The second-order valence-electron chi connectivity index (χ2n) is 3.93. The molecule has 0 aliphatic carbocycles. The maximum Gasteiger partial charge on any atom is 0.181 e. The van der Waals surface area contributed by atoms with Gasteiger partial charge in [0.2, 0.25) is 0 Å². The number of nitrogens with one attached hydrogen (secondary N) is 1. The van der Waals surface area contributed by atoms with Crippen LogP contribution in [-0.4, -0.2) is 33.0 Å². The molecule has 1 N–H and O–H groups in total. The maximum absolute atomic E-state index is 4.58. The fraction of sp³-hybridized carbons (Fsp3) is 0.500. The Balaban J connectivity index is 2.20. The Kier molecular flexibility index (Phi) is 6.06. The highest BCUT2D eigenvalue weighted by atomic mass is 32.2. The summed E-state index contributed by atoms with van der Waals surface area (Å²) in [6.07, 6.45) is 3.93. The molecule has 2 aromatic rings. The van der Waals surface area contributed by atoms with E-state index in [1.165, 1.54) is 0 Å². The summed E-state index contributed by atoms with van der Waals surface area (Å²) in [5.41, 5.74) is 0. The first-order valence-electron chi connectivity index (χ1n) is 6.42. The molecule has 0 aromatic carbocycles. The molecule has 0 unspecified atom stereocenters. The molecule has 0 aliphatic rings. The van der Waals surface area contributed by atoms with Gasteiger partial charge in [0.15, 0.2) is 8.68 Å². The number of nitrogens with zero attached hydrogens (tertiary/aromatic N) is 4. The number of aromatic nitrogens is 4. The summed E-state index contributed by atoms with van der Waals surface area (Å²) >= 11 is 4.74. The predicted molar refractivity (Wildman–Crippen MR) is 86.0 cm³/mol. The van der Waals surface area contributed by atoms with Crippen LogP contribution < -0.4 is 5.32 Å². The van der Waals surface area contributed by atoms with Crippen molar-refractivity contribution < 1.29 is 0 Å². The van der Waals surface area contributed by atoms with Crippen molar-refractivity contribution in [3.63, 3.8) is 0 Å². The highest BCUT2D eigenvalue weighted by Gasteiger charge is 2.09. The quantitative estimate of drug-likeness (QED) is 0.616. The van der Waals surface area contributed by atoms with Crippen molar-refractivity contribution in [2.45, 2.75) is 40.4 Å². The van der Waals surface area contributed by atoms with Crippen molar-refractivity contribution in [2.75, 3.05) is 18.1 Å². The topological polar surface area (TPSA) is 63.6 Å². The van der Waals surface area contributed by atoms with Gasteiger partial charge in [0, 0.05) is 19.0 Å². The summed E-state index contributed by atoms with van der Waals surface area (Å²) in [6, 6.07) is 1.97. The fourth-order valence-corrected chi connectivity index (χ4v) is 3.95. The van der Waals surface area contributed by atoms with Gasteiger partial charge in [0.05, 0.1) is 0 Å². The van der Waals surface area contributed by atoms with Gasteiger partial charge < -0.3 is 5.32 Å². The molecule has 0 fully saturated rings. The second-order valence-corrected chi connectivity index (χ2v) is 7.23. The molecule has 0 radical (unpaired) electrons. The van der Waals surface area contributed by atoms with E-state index in [-0.39, 0.29) is 0 Å². The van der Waals surface area contributed by atoms with Gasteiger partial charge >= 0.3 is 0 Å². The lowest BCUT2D eigenvalue weighted by molar-refractivity contribution is 0.809. The van der Waals surface area contributed by atoms with Crippen molar-refractivity contribution in [3.05, 3.63) is 11.9 Å². The number of thioether (sulfide) groups is 1. The zero-order valence-corrected chi connectivity index (χ0v) is 14.2. The van der Waals surface area contributed by atoms with E-state index in [1.54, 1.807) is 34.9 Å². The molecule has 108 valence electrons. The Morgan fingerprint density at radius 3 is 2.65 bits per heavy atom. The zero-order valence-electron chi connectivity index (χ0n) is 11.7. The monoisotopic (exact) mass is 327 g/mol. The molecule has 2 heterocycles. The van der Waals surface area contributed by atoms with Crippen LogP contribution in [0.15, 0.2) is 19.8 Å². The van der Waals surface area contributed by atoms with E-state index in [2.05, 4.69) is 39.3 Å². The van der Waals surface area contributed by atoms with E-state index in [4.69, 9.17) is 0 Å². The Bertz CT molecular complexity index is 534. The van der Waals surface area contributed by atoms with Crippen LogP contribution in [-0.2, 0) is 6.42 Å². The highest BCUT2D eigenvalue weighted by Crippen LogP contribution is 2.32. The van der Waals surface area contributed by atoms with Crippen LogP contribution >= 0.6 is 34.9 Å². The molecular formula is C12H17N5S3. The van der Waals surface area contributed by atoms with E-state index in [0.717, 1.165) is 44.7 Å². The number of aryl methyl sites for hydroxylation is 1. The molecule has 8 heteroatoms. The van der Waals surface area contributed by atoms with E-state index in [0.29, 0.717) is 0 Å². The lowest BCUT2D eigenvalue weighted by Gasteiger charge is -2.07. The smallest absolute Gasteiger partial charge is 0.181 e. The van der Waals surface area contributed by atoms with E-state index in [9.17, 15) is 0 Å². The van der Waals surface area contributed by atoms with Gasteiger partial charge in [-0.3, -0.25) is 0 Å². The van der Waals surface area contributed by atoms with E-state index >= 15 is 0 Å². The summed E-state index contributed by atoms with van der Waals surface area (Å²) in [5, 5.41) is 12.4. The standard InChI is InChI=1S/C12H17N5S3/c1-4-6-8-14-9(13-5-2)7-10(15-8)19-12-17-16-11(18-3)20-12/h7H,4-6H2,1-3H3,(H,13,14,15). The molecule has 0 saturated carbocycles. The summed E-state index contributed by atoms with van der Waals surface area (Å²) in [5.74, 6) is 1.76. The van der Waals surface area contributed by atoms with Gasteiger partial charge in [-0.05, 0) is 31.4 Å². The first-order valence-corrected chi connectivity index (χ1v) is 9.28. The van der Waals surface area contributed by atoms with Crippen LogP contribution in [0, 0.1) is 0 Å². The van der Waals surface area contributed by atoms with Crippen molar-refractivity contribution in [2.24, 2.45) is 0 Å². The van der Waals surface area contributed by atoms with Crippen molar-refractivity contribution in [1.29, 1.82) is 0 Å². The van der Waals surface area contributed by atoms with Crippen LogP contribution in [0.4, 0.5) is 5.82 Å². The molecule has 0 amide bonds. The summed E-state index contributed by atoms with van der Waals surface area (Å²) in [4.78, 5) is 9.08. The Morgan fingerprint density at radius 1 is 1.20 bits per heavy atom. The minimum Gasteiger partial charge on any atom is -0.370 e. The number of anilines is 1. The Morgan fingerprint density at radius 2 is 2.00 bits per heavy atom. The van der Waals surface area contributed by atoms with E-state index in [1.807, 2.05) is 12.3 Å². The van der Waals surface area contributed by atoms with Gasteiger partial charge in [0.25, 0.3) is 0 Å². The maximum atomic E-state index is 4.58. The van der Waals surface area contributed by atoms with Crippen LogP contribution in [0.5, 0.6) is 0 Å². The minimum absolute atomic E-state index is 0.849. The Hall–Kier alpha value is -0.860. The highest BCUT2D eigenvalue weighted by molar-refractivity contribution is 8.02. The van der Waals surface area contributed by atoms with Crippen LogP contribution in [0.2, 0.25) is 0 Å². The van der Waals surface area contributed by atoms with Crippen molar-refractivity contribution in [1.82, 2.24) is 20.2 Å². The van der Waals surface area contributed by atoms with Gasteiger partial charge in [-0.15, -0.1) is 10.2 Å². The zero-order chi connectivity index (χ0) is 14.4. The predicted octanol–water partition coefficient (Wildman–Crippen LogP) is 3.59. The van der Waals surface area contributed by atoms with Gasteiger partial charge in [-0.25, -0.2) is 9.97 Å².